The van der Waals surface area contributed by atoms with Crippen LogP contribution < -0.4 is 0 Å². The van der Waals surface area contributed by atoms with E-state index in [2.05, 4.69) is 80.5 Å². The Balaban J connectivity index is 1.32. The van der Waals surface area contributed by atoms with Crippen molar-refractivity contribution in [1.29, 1.82) is 0 Å². The highest BCUT2D eigenvalue weighted by Gasteiger charge is 2.31. The van der Waals surface area contributed by atoms with Gasteiger partial charge in [-0.3, -0.25) is 29.9 Å². The molecule has 0 saturated carbocycles. The van der Waals surface area contributed by atoms with Gasteiger partial charge in [-0.2, -0.15) is 0 Å². The Labute approximate surface area is 282 Å². The monoisotopic (exact) mass is 636 g/mol. The molecule has 10 nitrogen and oxygen atoms in total. The van der Waals surface area contributed by atoms with Gasteiger partial charge in [-0.1, -0.05) is 36.4 Å². The Morgan fingerprint density at radius 2 is 0.688 bits per heavy atom. The SMILES string of the molecule is CN(CCN(C)N(Cc1ccccn1)C(c1ccccn1)c1ccccn1)N(Cc1ccccn1)C(c1ccccn1)c1ccccn1. The van der Waals surface area contributed by atoms with Crippen LogP contribution in [0.2, 0.25) is 0 Å². The van der Waals surface area contributed by atoms with Crippen molar-refractivity contribution >= 4 is 0 Å². The molecule has 0 N–H and O–H groups in total. The molecular formula is C38H40N10. The summed E-state index contributed by atoms with van der Waals surface area (Å²) in [5.41, 5.74) is 5.56. The van der Waals surface area contributed by atoms with Crippen LogP contribution in [0.1, 0.15) is 46.2 Å². The third-order valence-corrected chi connectivity index (χ3v) is 8.19. The Kier molecular flexibility index (Phi) is 11.3. The van der Waals surface area contributed by atoms with Crippen LogP contribution in [-0.2, 0) is 13.1 Å². The van der Waals surface area contributed by atoms with Gasteiger partial charge in [0.1, 0.15) is 12.1 Å². The Morgan fingerprint density at radius 3 is 0.938 bits per heavy atom. The molecule has 0 aliphatic heterocycles. The number of nitrogens with zero attached hydrogens (tertiary/aromatic N) is 10. The number of aromatic nitrogens is 6. The van der Waals surface area contributed by atoms with Gasteiger partial charge in [-0.15, -0.1) is 0 Å². The molecule has 0 amide bonds. The summed E-state index contributed by atoms with van der Waals surface area (Å²) in [7, 11) is 4.24. The standard InChI is InChI=1S/C38H40N10/c1-45(47(29-31-15-3-9-21-39-31)37(33-17-5-11-23-41-33)34-18-6-12-24-42-34)27-28-46(2)48(30-32-16-4-10-22-40-32)38(35-19-7-13-25-43-35)36-20-8-14-26-44-36/h3-26,37-38H,27-30H2,1-2H3. The second kappa shape index (κ2) is 16.5. The zero-order valence-corrected chi connectivity index (χ0v) is 27.3. The van der Waals surface area contributed by atoms with E-state index < -0.39 is 0 Å². The number of rotatable bonds is 15. The molecule has 0 bridgehead atoms. The fourth-order valence-electron chi connectivity index (χ4n) is 5.74. The highest BCUT2D eigenvalue weighted by molar-refractivity contribution is 5.24. The summed E-state index contributed by atoms with van der Waals surface area (Å²) in [6, 6.07) is 35.7. The predicted molar refractivity (Wildman–Crippen MR) is 185 cm³/mol. The molecule has 0 aromatic carbocycles. The third kappa shape index (κ3) is 8.36. The lowest BCUT2D eigenvalue weighted by Gasteiger charge is -2.41. The molecule has 0 aliphatic rings. The van der Waals surface area contributed by atoms with Crippen molar-refractivity contribution in [1.82, 2.24) is 49.9 Å². The van der Waals surface area contributed by atoms with Crippen molar-refractivity contribution in [2.45, 2.75) is 25.2 Å². The number of likely N-dealkylation sites (N-methyl/N-ethyl adjacent to an activating group) is 2. The van der Waals surface area contributed by atoms with Gasteiger partial charge in [-0.25, -0.2) is 20.0 Å². The molecule has 10 heteroatoms. The first-order chi connectivity index (χ1) is 23.7. The minimum atomic E-state index is -0.232. The van der Waals surface area contributed by atoms with Gasteiger partial charge in [0.15, 0.2) is 0 Å². The van der Waals surface area contributed by atoms with Gasteiger partial charge in [-0.05, 0) is 72.8 Å². The average molecular weight is 637 g/mol. The number of hydrazine groups is 2. The van der Waals surface area contributed by atoms with E-state index in [1.54, 1.807) is 0 Å². The maximum atomic E-state index is 4.79. The van der Waals surface area contributed by atoms with Crippen LogP contribution in [0.4, 0.5) is 0 Å². The van der Waals surface area contributed by atoms with Gasteiger partial charge >= 0.3 is 0 Å². The third-order valence-electron chi connectivity index (χ3n) is 8.19. The second-order valence-corrected chi connectivity index (χ2v) is 11.4. The smallest absolute Gasteiger partial charge is 0.109 e. The predicted octanol–water partition coefficient (Wildman–Crippen LogP) is 5.63. The zero-order valence-electron chi connectivity index (χ0n) is 27.3. The Bertz CT molecular complexity index is 1550. The second-order valence-electron chi connectivity index (χ2n) is 11.4. The highest BCUT2D eigenvalue weighted by atomic mass is 15.7. The first kappa shape index (κ1) is 32.7. The summed E-state index contributed by atoms with van der Waals surface area (Å²) in [5.74, 6) is 0. The van der Waals surface area contributed by atoms with Gasteiger partial charge in [0.25, 0.3) is 0 Å². The number of hydrogen-bond donors (Lipinski definition) is 0. The molecular weight excluding hydrogens is 596 g/mol. The van der Waals surface area contributed by atoms with Crippen LogP contribution in [-0.4, -0.2) is 77.1 Å². The number of pyridine rings is 6. The lowest BCUT2D eigenvalue weighted by atomic mass is 10.1. The maximum Gasteiger partial charge on any atom is 0.109 e. The van der Waals surface area contributed by atoms with Crippen molar-refractivity contribution in [3.05, 3.63) is 181 Å². The first-order valence-electron chi connectivity index (χ1n) is 16.1. The van der Waals surface area contributed by atoms with E-state index in [4.69, 9.17) is 19.9 Å². The molecule has 0 spiro atoms. The summed E-state index contributed by atoms with van der Waals surface area (Å²) in [6.07, 6.45) is 11.0. The van der Waals surface area contributed by atoms with Crippen molar-refractivity contribution in [3.63, 3.8) is 0 Å². The van der Waals surface area contributed by atoms with E-state index in [1.165, 1.54) is 0 Å². The highest BCUT2D eigenvalue weighted by Crippen LogP contribution is 2.30. The van der Waals surface area contributed by atoms with E-state index in [0.717, 1.165) is 34.2 Å². The van der Waals surface area contributed by atoms with Crippen LogP contribution in [0, 0.1) is 0 Å². The van der Waals surface area contributed by atoms with E-state index in [-0.39, 0.29) is 12.1 Å². The van der Waals surface area contributed by atoms with Crippen LogP contribution in [0.3, 0.4) is 0 Å². The topological polar surface area (TPSA) is 90.3 Å². The van der Waals surface area contributed by atoms with Crippen LogP contribution in [0.15, 0.2) is 146 Å². The summed E-state index contributed by atoms with van der Waals surface area (Å²) in [5, 5.41) is 9.13. The molecule has 6 aromatic rings. The normalized spacial score (nSPS) is 11.8. The molecule has 48 heavy (non-hydrogen) atoms. The minimum Gasteiger partial charge on any atom is -0.260 e. The van der Waals surface area contributed by atoms with E-state index in [0.29, 0.717) is 26.2 Å². The minimum absolute atomic E-state index is 0.232. The van der Waals surface area contributed by atoms with Crippen molar-refractivity contribution < 1.29 is 0 Å². The fourth-order valence-corrected chi connectivity index (χ4v) is 5.74. The Morgan fingerprint density at radius 1 is 0.396 bits per heavy atom. The molecule has 0 unspecified atom stereocenters. The molecule has 6 rings (SSSR count). The van der Waals surface area contributed by atoms with E-state index in [1.807, 2.05) is 110 Å². The van der Waals surface area contributed by atoms with Gasteiger partial charge in [0.2, 0.25) is 0 Å². The molecule has 0 atom stereocenters. The Hall–Kier alpha value is -5.26. The van der Waals surface area contributed by atoms with Crippen molar-refractivity contribution in [3.8, 4) is 0 Å². The van der Waals surface area contributed by atoms with E-state index >= 15 is 0 Å². The largest absolute Gasteiger partial charge is 0.260 e. The molecule has 0 fully saturated rings. The molecule has 242 valence electrons. The fraction of sp³-hybridized carbons (Fsp3) is 0.211. The molecule has 6 heterocycles. The first-order valence-corrected chi connectivity index (χ1v) is 16.1. The molecule has 0 radical (unpaired) electrons. The summed E-state index contributed by atoms with van der Waals surface area (Å²) in [4.78, 5) is 28.5. The maximum absolute atomic E-state index is 4.79. The van der Waals surface area contributed by atoms with Gasteiger partial charge in [0, 0.05) is 64.4 Å². The van der Waals surface area contributed by atoms with Crippen molar-refractivity contribution in [2.24, 2.45) is 0 Å². The molecule has 0 aliphatic carbocycles. The van der Waals surface area contributed by atoms with Gasteiger partial charge < -0.3 is 0 Å². The van der Waals surface area contributed by atoms with Crippen molar-refractivity contribution in [2.75, 3.05) is 27.2 Å². The van der Waals surface area contributed by atoms with Crippen LogP contribution in [0.25, 0.3) is 0 Å². The van der Waals surface area contributed by atoms with E-state index in [9.17, 15) is 0 Å². The molecule has 0 saturated heterocycles. The number of hydrogen-bond acceptors (Lipinski definition) is 10. The van der Waals surface area contributed by atoms with Crippen LogP contribution >= 0.6 is 0 Å². The quantitative estimate of drug-likeness (QED) is 0.132. The van der Waals surface area contributed by atoms with Crippen LogP contribution in [0.5, 0.6) is 0 Å². The summed E-state index contributed by atoms with van der Waals surface area (Å²) in [6.45, 7) is 2.52. The molecule has 6 aromatic heterocycles. The lowest BCUT2D eigenvalue weighted by molar-refractivity contribution is -0.0806. The average Bonchev–Trinajstić information content (AvgIpc) is 3.16. The van der Waals surface area contributed by atoms with Gasteiger partial charge in [0.05, 0.1) is 47.3 Å². The summed E-state index contributed by atoms with van der Waals surface area (Å²) >= 11 is 0. The zero-order chi connectivity index (χ0) is 33.0. The lowest BCUT2D eigenvalue weighted by Crippen LogP contribution is -2.49. The summed E-state index contributed by atoms with van der Waals surface area (Å²) < 4.78 is 0.